The number of nitrogen functional groups attached to an aromatic ring is 1. The van der Waals surface area contributed by atoms with Crippen molar-refractivity contribution in [2.45, 2.75) is 31.6 Å². The molecule has 2 atom stereocenters. The highest BCUT2D eigenvalue weighted by Crippen LogP contribution is 2.28. The minimum atomic E-state index is 0.377. The number of aromatic nitrogens is 2. The van der Waals surface area contributed by atoms with Crippen LogP contribution in [0.1, 0.15) is 42.9 Å². The van der Waals surface area contributed by atoms with E-state index in [1.54, 1.807) is 6.20 Å². The fraction of sp³-hybridized carbons (Fsp3) is 0.444. The van der Waals surface area contributed by atoms with Crippen molar-refractivity contribution >= 4 is 21.9 Å². The molecule has 0 bridgehead atoms. The number of halogens is 1. The molecule has 2 aromatic rings. The molecule has 1 aliphatic heterocycles. The Morgan fingerprint density at radius 2 is 2.26 bits per heavy atom. The summed E-state index contributed by atoms with van der Waals surface area (Å²) in [6.45, 7) is 5.59. The van der Waals surface area contributed by atoms with Gasteiger partial charge in [0, 0.05) is 29.7 Å². The highest BCUT2D eigenvalue weighted by molar-refractivity contribution is 9.10. The van der Waals surface area contributed by atoms with Crippen LogP contribution in [0.5, 0.6) is 0 Å². The Hall–Kier alpha value is -1.46. The Labute approximate surface area is 146 Å². The second kappa shape index (κ2) is 7.41. The smallest absolute Gasteiger partial charge is 0.220 e. The van der Waals surface area contributed by atoms with Crippen LogP contribution in [0.4, 0.5) is 5.95 Å². The molecule has 1 fully saturated rings. The van der Waals surface area contributed by atoms with E-state index in [2.05, 4.69) is 62.0 Å². The molecule has 0 unspecified atom stereocenters. The fourth-order valence-electron chi connectivity index (χ4n) is 3.38. The Kier molecular flexibility index (Phi) is 5.28. The number of rotatable bonds is 4. The molecule has 5 heteroatoms. The standard InChI is InChI=1S/C18H23BrN4/c1-13(14-4-2-6-16(19)10-14)11-23-9-3-5-15(12-23)17-7-8-21-18(20)22-17/h2,4,6-8,10,13,15H,3,5,9,11-12H2,1H3,(H2,20,21,22)/t13-,15+/m0/s1. The van der Waals surface area contributed by atoms with E-state index in [1.807, 2.05) is 6.07 Å². The number of hydrogen-bond donors (Lipinski definition) is 1. The first kappa shape index (κ1) is 16.4. The Balaban J connectivity index is 1.64. The summed E-state index contributed by atoms with van der Waals surface area (Å²) in [7, 11) is 0. The van der Waals surface area contributed by atoms with Gasteiger partial charge >= 0.3 is 0 Å². The predicted octanol–water partition coefficient (Wildman–Crippen LogP) is 3.80. The molecule has 0 amide bonds. The van der Waals surface area contributed by atoms with Crippen LogP contribution in [-0.2, 0) is 0 Å². The van der Waals surface area contributed by atoms with E-state index in [4.69, 9.17) is 5.73 Å². The van der Waals surface area contributed by atoms with Crippen LogP contribution < -0.4 is 5.73 Å². The summed E-state index contributed by atoms with van der Waals surface area (Å²) in [5.74, 6) is 1.35. The third-order valence-corrected chi connectivity index (χ3v) is 5.06. The molecule has 0 aliphatic carbocycles. The molecule has 1 aliphatic rings. The molecule has 2 heterocycles. The largest absolute Gasteiger partial charge is 0.368 e. The van der Waals surface area contributed by atoms with Gasteiger partial charge in [0.05, 0.1) is 5.69 Å². The molecule has 1 saturated heterocycles. The van der Waals surface area contributed by atoms with Crippen LogP contribution in [0, 0.1) is 0 Å². The van der Waals surface area contributed by atoms with E-state index in [-0.39, 0.29) is 0 Å². The zero-order valence-electron chi connectivity index (χ0n) is 13.5. The van der Waals surface area contributed by atoms with Crippen LogP contribution in [0.2, 0.25) is 0 Å². The number of piperidine rings is 1. The molecule has 4 nitrogen and oxygen atoms in total. The minimum Gasteiger partial charge on any atom is -0.368 e. The lowest BCUT2D eigenvalue weighted by Gasteiger charge is -2.34. The molecule has 122 valence electrons. The van der Waals surface area contributed by atoms with Crippen LogP contribution >= 0.6 is 15.9 Å². The van der Waals surface area contributed by atoms with Crippen molar-refractivity contribution in [3.8, 4) is 0 Å². The monoisotopic (exact) mass is 374 g/mol. The topological polar surface area (TPSA) is 55.0 Å². The van der Waals surface area contributed by atoms with Gasteiger partial charge in [0.2, 0.25) is 5.95 Å². The molecular formula is C18H23BrN4. The molecule has 3 rings (SSSR count). The molecule has 23 heavy (non-hydrogen) atoms. The minimum absolute atomic E-state index is 0.377. The maximum Gasteiger partial charge on any atom is 0.220 e. The van der Waals surface area contributed by atoms with Gasteiger partial charge in [-0.05, 0) is 49.1 Å². The van der Waals surface area contributed by atoms with Gasteiger partial charge in [0.25, 0.3) is 0 Å². The van der Waals surface area contributed by atoms with Crippen LogP contribution in [0.25, 0.3) is 0 Å². The fourth-order valence-corrected chi connectivity index (χ4v) is 3.80. The van der Waals surface area contributed by atoms with Gasteiger partial charge in [-0.15, -0.1) is 0 Å². The number of hydrogen-bond acceptors (Lipinski definition) is 4. The molecule has 1 aromatic carbocycles. The highest BCUT2D eigenvalue weighted by Gasteiger charge is 2.24. The normalized spacial score (nSPS) is 20.3. The van der Waals surface area contributed by atoms with Gasteiger partial charge in [-0.25, -0.2) is 9.97 Å². The first-order valence-electron chi connectivity index (χ1n) is 8.18. The lowest BCUT2D eigenvalue weighted by atomic mass is 9.93. The summed E-state index contributed by atoms with van der Waals surface area (Å²) >= 11 is 3.56. The van der Waals surface area contributed by atoms with Crippen molar-refractivity contribution in [2.75, 3.05) is 25.4 Å². The quantitative estimate of drug-likeness (QED) is 0.883. The maximum absolute atomic E-state index is 5.73. The molecule has 1 aromatic heterocycles. The molecule has 0 saturated carbocycles. The Bertz CT molecular complexity index is 659. The summed E-state index contributed by atoms with van der Waals surface area (Å²) in [5, 5.41) is 0. The van der Waals surface area contributed by atoms with Gasteiger partial charge in [-0.3, -0.25) is 0 Å². The van der Waals surface area contributed by atoms with E-state index in [0.29, 0.717) is 17.8 Å². The van der Waals surface area contributed by atoms with Crippen molar-refractivity contribution < 1.29 is 0 Å². The summed E-state index contributed by atoms with van der Waals surface area (Å²) in [6.07, 6.45) is 4.15. The molecular weight excluding hydrogens is 352 g/mol. The maximum atomic E-state index is 5.73. The summed E-state index contributed by atoms with van der Waals surface area (Å²) in [4.78, 5) is 11.0. The van der Waals surface area contributed by atoms with Gasteiger partial charge in [0.15, 0.2) is 0 Å². The SMILES string of the molecule is C[C@@H](CN1CCC[C@@H](c2ccnc(N)n2)C1)c1cccc(Br)c1. The number of nitrogens with zero attached hydrogens (tertiary/aromatic N) is 3. The third kappa shape index (κ3) is 4.30. The van der Waals surface area contributed by atoms with Gasteiger partial charge in [-0.1, -0.05) is 35.0 Å². The number of benzene rings is 1. The van der Waals surface area contributed by atoms with E-state index in [9.17, 15) is 0 Å². The Morgan fingerprint density at radius 1 is 1.39 bits per heavy atom. The summed E-state index contributed by atoms with van der Waals surface area (Å²) in [5.41, 5.74) is 8.19. The highest BCUT2D eigenvalue weighted by atomic mass is 79.9. The first-order valence-corrected chi connectivity index (χ1v) is 8.97. The summed E-state index contributed by atoms with van der Waals surface area (Å²) in [6, 6.07) is 10.6. The van der Waals surface area contributed by atoms with E-state index >= 15 is 0 Å². The first-order chi connectivity index (χ1) is 11.1. The average Bonchev–Trinajstić information content (AvgIpc) is 2.55. The average molecular weight is 375 g/mol. The van der Waals surface area contributed by atoms with Crippen molar-refractivity contribution in [1.82, 2.24) is 14.9 Å². The second-order valence-corrected chi connectivity index (χ2v) is 7.31. The second-order valence-electron chi connectivity index (χ2n) is 6.39. The van der Waals surface area contributed by atoms with E-state index in [0.717, 1.165) is 29.8 Å². The van der Waals surface area contributed by atoms with Gasteiger partial charge < -0.3 is 10.6 Å². The van der Waals surface area contributed by atoms with Crippen LogP contribution in [0.3, 0.4) is 0 Å². The van der Waals surface area contributed by atoms with Crippen LogP contribution in [0.15, 0.2) is 41.0 Å². The zero-order chi connectivity index (χ0) is 16.2. The lowest BCUT2D eigenvalue weighted by molar-refractivity contribution is 0.197. The molecule has 2 N–H and O–H groups in total. The predicted molar refractivity (Wildman–Crippen MR) is 97.4 cm³/mol. The number of likely N-dealkylation sites (tertiary alicyclic amines) is 1. The van der Waals surface area contributed by atoms with Crippen molar-refractivity contribution in [3.05, 3.63) is 52.3 Å². The number of anilines is 1. The van der Waals surface area contributed by atoms with Crippen LogP contribution in [-0.4, -0.2) is 34.5 Å². The third-order valence-electron chi connectivity index (χ3n) is 4.57. The summed E-state index contributed by atoms with van der Waals surface area (Å²) < 4.78 is 1.15. The molecule has 0 radical (unpaired) electrons. The van der Waals surface area contributed by atoms with Crippen molar-refractivity contribution in [1.29, 1.82) is 0 Å². The number of nitrogens with two attached hydrogens (primary N) is 1. The zero-order valence-corrected chi connectivity index (χ0v) is 15.0. The Morgan fingerprint density at radius 3 is 3.04 bits per heavy atom. The van der Waals surface area contributed by atoms with Crippen molar-refractivity contribution in [2.24, 2.45) is 0 Å². The van der Waals surface area contributed by atoms with Gasteiger partial charge in [-0.2, -0.15) is 0 Å². The van der Waals surface area contributed by atoms with E-state index in [1.165, 1.54) is 18.4 Å². The lowest BCUT2D eigenvalue weighted by Crippen LogP contribution is -2.37. The van der Waals surface area contributed by atoms with Crippen molar-refractivity contribution in [3.63, 3.8) is 0 Å². The molecule has 0 spiro atoms. The van der Waals surface area contributed by atoms with E-state index < -0.39 is 0 Å². The van der Waals surface area contributed by atoms with Gasteiger partial charge in [0.1, 0.15) is 0 Å².